The SMILES string of the molecule is O=C(O)CCc1cc(-c2cc(Cl)cc(Cl)c2)n(-c2cccc(Cl)c2)n1. The summed E-state index contributed by atoms with van der Waals surface area (Å²) in [6.45, 7) is 0. The number of aromatic nitrogens is 2. The molecule has 3 aromatic rings. The van der Waals surface area contributed by atoms with Crippen LogP contribution in [0.1, 0.15) is 12.1 Å². The number of hydrogen-bond donors (Lipinski definition) is 1. The third-order valence-corrected chi connectivity index (χ3v) is 4.24. The summed E-state index contributed by atoms with van der Waals surface area (Å²) in [5.74, 6) is -0.871. The van der Waals surface area contributed by atoms with Gasteiger partial charge in [0.25, 0.3) is 0 Å². The maximum Gasteiger partial charge on any atom is 0.303 e. The molecule has 128 valence electrons. The molecule has 25 heavy (non-hydrogen) atoms. The van der Waals surface area contributed by atoms with E-state index < -0.39 is 5.97 Å². The fourth-order valence-corrected chi connectivity index (χ4v) is 3.21. The molecular weight excluding hydrogens is 383 g/mol. The number of aliphatic carboxylic acids is 1. The van der Waals surface area contributed by atoms with Gasteiger partial charge < -0.3 is 5.11 Å². The van der Waals surface area contributed by atoms with E-state index in [0.717, 1.165) is 16.9 Å². The molecule has 2 aromatic carbocycles. The second-order valence-electron chi connectivity index (χ2n) is 5.46. The van der Waals surface area contributed by atoms with Gasteiger partial charge in [0.05, 0.1) is 23.5 Å². The van der Waals surface area contributed by atoms with Crippen LogP contribution < -0.4 is 0 Å². The van der Waals surface area contributed by atoms with Crippen LogP contribution in [0, 0.1) is 0 Å². The van der Waals surface area contributed by atoms with Gasteiger partial charge in [0.2, 0.25) is 0 Å². The van der Waals surface area contributed by atoms with E-state index in [1.165, 1.54) is 0 Å². The van der Waals surface area contributed by atoms with Gasteiger partial charge in [0.15, 0.2) is 0 Å². The molecule has 4 nitrogen and oxygen atoms in total. The van der Waals surface area contributed by atoms with Crippen LogP contribution in [-0.2, 0) is 11.2 Å². The van der Waals surface area contributed by atoms with Crippen molar-refractivity contribution in [3.05, 3.63) is 69.3 Å². The summed E-state index contributed by atoms with van der Waals surface area (Å²) in [7, 11) is 0. The highest BCUT2D eigenvalue weighted by molar-refractivity contribution is 6.35. The van der Waals surface area contributed by atoms with Crippen molar-refractivity contribution in [3.63, 3.8) is 0 Å². The van der Waals surface area contributed by atoms with Crippen molar-refractivity contribution in [2.24, 2.45) is 0 Å². The summed E-state index contributed by atoms with van der Waals surface area (Å²) in [5, 5.41) is 15.0. The van der Waals surface area contributed by atoms with Crippen molar-refractivity contribution in [1.82, 2.24) is 9.78 Å². The Morgan fingerprint density at radius 2 is 1.72 bits per heavy atom. The van der Waals surface area contributed by atoms with E-state index in [2.05, 4.69) is 5.10 Å². The van der Waals surface area contributed by atoms with Crippen LogP contribution in [0.4, 0.5) is 0 Å². The Morgan fingerprint density at radius 3 is 2.36 bits per heavy atom. The van der Waals surface area contributed by atoms with Gasteiger partial charge in [0.1, 0.15) is 0 Å². The van der Waals surface area contributed by atoms with Crippen LogP contribution in [0.5, 0.6) is 0 Å². The molecular formula is C18H13Cl3N2O2. The minimum Gasteiger partial charge on any atom is -0.481 e. The van der Waals surface area contributed by atoms with Gasteiger partial charge in [-0.25, -0.2) is 4.68 Å². The predicted molar refractivity (Wildman–Crippen MR) is 100.0 cm³/mol. The van der Waals surface area contributed by atoms with Crippen LogP contribution >= 0.6 is 34.8 Å². The minimum absolute atomic E-state index is 0.00228. The van der Waals surface area contributed by atoms with Crippen molar-refractivity contribution >= 4 is 40.8 Å². The summed E-state index contributed by atoms with van der Waals surface area (Å²) < 4.78 is 1.71. The Labute approximate surface area is 159 Å². The Kier molecular flexibility index (Phi) is 5.33. The van der Waals surface area contributed by atoms with Gasteiger partial charge in [0, 0.05) is 27.1 Å². The van der Waals surface area contributed by atoms with Gasteiger partial charge >= 0.3 is 5.97 Å². The van der Waals surface area contributed by atoms with Crippen LogP contribution in [-0.4, -0.2) is 20.9 Å². The molecule has 0 spiro atoms. The van der Waals surface area contributed by atoms with Crippen molar-refractivity contribution in [1.29, 1.82) is 0 Å². The lowest BCUT2D eigenvalue weighted by Gasteiger charge is -2.09. The zero-order chi connectivity index (χ0) is 18.0. The summed E-state index contributed by atoms with van der Waals surface area (Å²) in [4.78, 5) is 10.9. The Hall–Kier alpha value is -2.01. The van der Waals surface area contributed by atoms with Crippen LogP contribution in [0.3, 0.4) is 0 Å². The number of carbonyl (C=O) groups is 1. The number of aryl methyl sites for hydroxylation is 1. The molecule has 7 heteroatoms. The molecule has 1 heterocycles. The van der Waals surface area contributed by atoms with Crippen LogP contribution in [0.15, 0.2) is 48.5 Å². The van der Waals surface area contributed by atoms with Crippen molar-refractivity contribution < 1.29 is 9.90 Å². The molecule has 0 aliphatic heterocycles. The first-order chi connectivity index (χ1) is 11.9. The van der Waals surface area contributed by atoms with Gasteiger partial charge in [-0.3, -0.25) is 4.79 Å². The topological polar surface area (TPSA) is 55.1 Å². The monoisotopic (exact) mass is 394 g/mol. The van der Waals surface area contributed by atoms with Crippen molar-refractivity contribution in [2.45, 2.75) is 12.8 Å². The van der Waals surface area contributed by atoms with E-state index >= 15 is 0 Å². The maximum atomic E-state index is 10.9. The number of carboxylic acid groups (broad SMARTS) is 1. The van der Waals surface area contributed by atoms with Gasteiger partial charge in [-0.2, -0.15) is 5.10 Å². The maximum absolute atomic E-state index is 10.9. The first-order valence-corrected chi connectivity index (χ1v) is 8.59. The number of benzene rings is 2. The van der Waals surface area contributed by atoms with Crippen LogP contribution in [0.2, 0.25) is 15.1 Å². The largest absolute Gasteiger partial charge is 0.481 e. The van der Waals surface area contributed by atoms with Crippen molar-refractivity contribution in [2.75, 3.05) is 0 Å². The molecule has 1 N–H and O–H groups in total. The average Bonchev–Trinajstić information content (AvgIpc) is 2.96. The van der Waals surface area contributed by atoms with Gasteiger partial charge in [-0.15, -0.1) is 0 Å². The number of hydrogen-bond acceptors (Lipinski definition) is 2. The molecule has 0 aliphatic rings. The molecule has 1 aromatic heterocycles. The summed E-state index contributed by atoms with van der Waals surface area (Å²) in [6, 6.07) is 14.3. The average molecular weight is 396 g/mol. The highest BCUT2D eigenvalue weighted by Crippen LogP contribution is 2.30. The fourth-order valence-electron chi connectivity index (χ4n) is 2.50. The molecule has 0 atom stereocenters. The van der Waals surface area contributed by atoms with E-state index in [9.17, 15) is 4.79 Å². The van der Waals surface area contributed by atoms with Gasteiger partial charge in [-0.05, 0) is 42.5 Å². The number of halogens is 3. The number of carboxylic acids is 1. The highest BCUT2D eigenvalue weighted by Gasteiger charge is 2.14. The van der Waals surface area contributed by atoms with Gasteiger partial charge in [-0.1, -0.05) is 40.9 Å². The summed E-state index contributed by atoms with van der Waals surface area (Å²) in [5.41, 5.74) is 2.97. The molecule has 0 saturated heterocycles. The first kappa shape index (κ1) is 17.8. The molecule has 0 unspecified atom stereocenters. The standard InChI is InChI=1S/C18H13Cl3N2O2/c19-12-2-1-3-16(9-12)23-17(10-15(22-23)4-5-18(24)25)11-6-13(20)8-14(21)7-11/h1-3,6-10H,4-5H2,(H,24,25). The molecule has 3 rings (SSSR count). The smallest absolute Gasteiger partial charge is 0.303 e. The van der Waals surface area contributed by atoms with E-state index in [0.29, 0.717) is 27.2 Å². The van der Waals surface area contributed by atoms with E-state index in [1.807, 2.05) is 18.2 Å². The fraction of sp³-hybridized carbons (Fsp3) is 0.111. The molecule has 0 fully saturated rings. The number of nitrogens with zero attached hydrogens (tertiary/aromatic N) is 2. The van der Waals surface area contributed by atoms with E-state index in [4.69, 9.17) is 39.9 Å². The minimum atomic E-state index is -0.871. The van der Waals surface area contributed by atoms with Crippen LogP contribution in [0.25, 0.3) is 16.9 Å². The zero-order valence-electron chi connectivity index (χ0n) is 12.9. The molecule has 0 amide bonds. The van der Waals surface area contributed by atoms with Crippen molar-refractivity contribution in [3.8, 4) is 16.9 Å². The lowest BCUT2D eigenvalue weighted by atomic mass is 10.1. The summed E-state index contributed by atoms with van der Waals surface area (Å²) >= 11 is 18.3. The molecule has 0 radical (unpaired) electrons. The lowest BCUT2D eigenvalue weighted by molar-refractivity contribution is -0.136. The first-order valence-electron chi connectivity index (χ1n) is 7.45. The Morgan fingerprint density at radius 1 is 1.00 bits per heavy atom. The van der Waals surface area contributed by atoms with E-state index in [-0.39, 0.29) is 6.42 Å². The quantitative estimate of drug-likeness (QED) is 0.619. The molecule has 0 aliphatic carbocycles. The highest BCUT2D eigenvalue weighted by atomic mass is 35.5. The summed E-state index contributed by atoms with van der Waals surface area (Å²) in [6.07, 6.45) is 0.326. The second-order valence-corrected chi connectivity index (χ2v) is 6.77. The predicted octanol–water partition coefficient (Wildman–Crippen LogP) is 5.52. The lowest BCUT2D eigenvalue weighted by Crippen LogP contribution is -2.01. The number of rotatable bonds is 5. The third kappa shape index (κ3) is 4.34. The Bertz CT molecular complexity index is 918. The zero-order valence-corrected chi connectivity index (χ0v) is 15.2. The molecule has 0 saturated carbocycles. The third-order valence-electron chi connectivity index (χ3n) is 3.57. The van der Waals surface area contributed by atoms with E-state index in [1.54, 1.807) is 35.0 Å². The second kappa shape index (κ2) is 7.48. The normalized spacial score (nSPS) is 10.8. The Balaban J connectivity index is 2.12. The molecule has 0 bridgehead atoms.